The number of benzene rings is 4. The van der Waals surface area contributed by atoms with Crippen LogP contribution >= 0.6 is 0 Å². The number of fused-ring (bicyclic) bond motifs is 3. The van der Waals surface area contributed by atoms with Gasteiger partial charge in [-0.05, 0) is 45.2 Å². The number of aromatic nitrogens is 2. The molecule has 3 heterocycles. The van der Waals surface area contributed by atoms with Gasteiger partial charge in [0.1, 0.15) is 11.4 Å². The molecule has 0 aliphatic heterocycles. The summed E-state index contributed by atoms with van der Waals surface area (Å²) in [5, 5.41) is 3.48. The van der Waals surface area contributed by atoms with Gasteiger partial charge in [0.15, 0.2) is 0 Å². The van der Waals surface area contributed by atoms with Crippen molar-refractivity contribution >= 4 is 35.2 Å². The largest absolute Gasteiger partial charge is 0.501 e. The molecule has 0 aliphatic carbocycles. The summed E-state index contributed by atoms with van der Waals surface area (Å²) in [5.74, 6) is -0.188. The van der Waals surface area contributed by atoms with E-state index in [4.69, 9.17) is 9.40 Å². The SMILES string of the molecule is CC(C)c1cc(-c2[c-]ccc3c2oc2ccccc23)ncc1F.C[Si](C)(C)c1cnc(-c2[c-]cccc2)cc1-c1ccccc1.[Ir]. The summed E-state index contributed by atoms with van der Waals surface area (Å²) in [5.41, 5.74) is 8.26. The van der Waals surface area contributed by atoms with Gasteiger partial charge < -0.3 is 14.4 Å². The quantitative estimate of drug-likeness (QED) is 0.129. The normalized spacial score (nSPS) is 11.3. The van der Waals surface area contributed by atoms with E-state index in [0.717, 1.165) is 38.8 Å². The van der Waals surface area contributed by atoms with E-state index in [2.05, 4.69) is 85.4 Å². The van der Waals surface area contributed by atoms with E-state index in [1.54, 1.807) is 6.07 Å². The van der Waals surface area contributed by atoms with Gasteiger partial charge in [0.25, 0.3) is 0 Å². The van der Waals surface area contributed by atoms with Crippen LogP contribution in [0.3, 0.4) is 0 Å². The van der Waals surface area contributed by atoms with Gasteiger partial charge in [-0.25, -0.2) is 4.39 Å². The number of furan rings is 1. The van der Waals surface area contributed by atoms with Gasteiger partial charge in [0.05, 0.1) is 19.9 Å². The van der Waals surface area contributed by atoms with E-state index in [1.165, 1.54) is 22.5 Å². The molecule has 0 bridgehead atoms. The second-order valence-electron chi connectivity index (χ2n) is 12.4. The zero-order valence-corrected chi connectivity index (χ0v) is 30.0. The molecular weight excluding hydrogens is 764 g/mol. The van der Waals surface area contributed by atoms with Crippen LogP contribution in [-0.2, 0) is 20.1 Å². The number of para-hydroxylation sites is 1. The molecule has 0 amide bonds. The summed E-state index contributed by atoms with van der Waals surface area (Å²) in [7, 11) is -1.46. The van der Waals surface area contributed by atoms with Gasteiger partial charge in [-0.2, -0.15) is 0 Å². The van der Waals surface area contributed by atoms with Crippen LogP contribution in [-0.4, -0.2) is 18.0 Å². The van der Waals surface area contributed by atoms with Crippen molar-refractivity contribution in [3.05, 3.63) is 139 Å². The van der Waals surface area contributed by atoms with Gasteiger partial charge in [-0.15, -0.1) is 54.1 Å². The first-order valence-corrected chi connectivity index (χ1v) is 18.7. The molecule has 7 rings (SSSR count). The van der Waals surface area contributed by atoms with Crippen LogP contribution in [0.25, 0.3) is 55.6 Å². The molecule has 3 nitrogen and oxygen atoms in total. The number of rotatable bonds is 5. The number of nitrogens with zero attached hydrogens (tertiary/aromatic N) is 2. The van der Waals surface area contributed by atoms with Crippen molar-refractivity contribution in [3.8, 4) is 33.6 Å². The summed E-state index contributed by atoms with van der Waals surface area (Å²) in [6.45, 7) is 11.0. The third-order valence-corrected chi connectivity index (χ3v) is 9.90. The Morgan fingerprint density at radius 3 is 2.17 bits per heavy atom. The smallest absolute Gasteiger partial charge is 0.143 e. The third-order valence-electron chi connectivity index (χ3n) is 7.88. The Hall–Kier alpha value is -4.22. The molecule has 0 atom stereocenters. The fourth-order valence-electron chi connectivity index (χ4n) is 5.52. The maximum absolute atomic E-state index is 13.9. The van der Waals surface area contributed by atoms with E-state index in [0.29, 0.717) is 11.3 Å². The molecule has 0 spiro atoms. The molecule has 6 heteroatoms. The van der Waals surface area contributed by atoms with E-state index < -0.39 is 8.07 Å². The second kappa shape index (κ2) is 14.0. The van der Waals surface area contributed by atoms with Crippen LogP contribution in [0, 0.1) is 17.9 Å². The number of halogens is 1. The van der Waals surface area contributed by atoms with Crippen LogP contribution in [0.15, 0.2) is 120 Å². The van der Waals surface area contributed by atoms with Crippen LogP contribution in [0.4, 0.5) is 4.39 Å². The first-order chi connectivity index (χ1) is 21.7. The molecule has 0 aliphatic rings. The average molecular weight is 799 g/mol. The Kier molecular flexibility index (Phi) is 10.1. The van der Waals surface area contributed by atoms with Gasteiger partial charge in [-0.3, -0.25) is 0 Å². The van der Waals surface area contributed by atoms with Gasteiger partial charge in [-0.1, -0.05) is 105 Å². The minimum absolute atomic E-state index is 0. The predicted octanol–water partition coefficient (Wildman–Crippen LogP) is 10.5. The Labute approximate surface area is 284 Å². The summed E-state index contributed by atoms with van der Waals surface area (Å²) in [6.07, 6.45) is 3.35. The molecule has 46 heavy (non-hydrogen) atoms. The molecule has 233 valence electrons. The fourth-order valence-corrected chi connectivity index (χ4v) is 7.00. The maximum Gasteiger partial charge on any atom is 0.143 e. The third kappa shape index (κ3) is 6.95. The molecule has 0 N–H and O–H groups in total. The maximum atomic E-state index is 13.9. The molecule has 0 saturated carbocycles. The summed E-state index contributed by atoms with van der Waals surface area (Å²) in [6, 6.07) is 40.8. The molecule has 3 aromatic heterocycles. The summed E-state index contributed by atoms with van der Waals surface area (Å²) < 4.78 is 19.9. The van der Waals surface area contributed by atoms with Crippen molar-refractivity contribution in [3.63, 3.8) is 0 Å². The standard InChI is InChI=1S/C20H15FNO.C20H20NSi.Ir/c1-12(2)16-10-18(22-11-17(16)21)15-8-5-7-14-13-6-3-4-9-19(13)23-20(14)15;1-22(2,3)20-15-21-19(17-12-8-5-9-13-17)14-18(20)16-10-6-4-7-11-16;/h3-7,9-12H,1-2H3;4-12,14-15H,1-3H3;/q2*-1;. The Morgan fingerprint density at radius 2 is 1.46 bits per heavy atom. The second-order valence-corrected chi connectivity index (χ2v) is 17.5. The van der Waals surface area contributed by atoms with Crippen molar-refractivity contribution in [2.45, 2.75) is 39.4 Å². The van der Waals surface area contributed by atoms with Crippen molar-refractivity contribution in [2.24, 2.45) is 0 Å². The number of hydrogen-bond donors (Lipinski definition) is 0. The molecule has 0 fully saturated rings. The molecule has 4 aromatic carbocycles. The molecule has 7 aromatic rings. The van der Waals surface area contributed by atoms with Crippen LogP contribution in [0.1, 0.15) is 25.3 Å². The monoisotopic (exact) mass is 799 g/mol. The van der Waals surface area contributed by atoms with Crippen LogP contribution in [0.2, 0.25) is 19.6 Å². The van der Waals surface area contributed by atoms with E-state index >= 15 is 0 Å². The van der Waals surface area contributed by atoms with E-state index in [1.807, 2.05) is 68.4 Å². The minimum atomic E-state index is -1.46. The Morgan fingerprint density at radius 1 is 0.739 bits per heavy atom. The van der Waals surface area contributed by atoms with Crippen molar-refractivity contribution in [1.29, 1.82) is 0 Å². The van der Waals surface area contributed by atoms with Crippen molar-refractivity contribution < 1.29 is 28.9 Å². The zero-order chi connectivity index (χ0) is 31.6. The van der Waals surface area contributed by atoms with Gasteiger partial charge in [0, 0.05) is 31.7 Å². The molecular formula is C40H35FIrN2OSi-2. The Bertz CT molecular complexity index is 2090. The number of pyridine rings is 2. The topological polar surface area (TPSA) is 38.9 Å². The average Bonchev–Trinajstić information content (AvgIpc) is 3.44. The van der Waals surface area contributed by atoms with Crippen molar-refractivity contribution in [1.82, 2.24) is 9.97 Å². The first kappa shape index (κ1) is 33.1. The van der Waals surface area contributed by atoms with E-state index in [-0.39, 0.29) is 31.8 Å². The van der Waals surface area contributed by atoms with E-state index in [9.17, 15) is 4.39 Å². The van der Waals surface area contributed by atoms with Crippen molar-refractivity contribution in [2.75, 3.05) is 0 Å². The van der Waals surface area contributed by atoms with Gasteiger partial charge in [0.2, 0.25) is 0 Å². The van der Waals surface area contributed by atoms with Crippen LogP contribution < -0.4 is 5.19 Å². The number of hydrogen-bond acceptors (Lipinski definition) is 3. The first-order valence-electron chi connectivity index (χ1n) is 15.2. The zero-order valence-electron chi connectivity index (χ0n) is 26.6. The summed E-state index contributed by atoms with van der Waals surface area (Å²) in [4.78, 5) is 8.95. The molecule has 1 radical (unpaired) electrons. The summed E-state index contributed by atoms with van der Waals surface area (Å²) >= 11 is 0. The predicted molar refractivity (Wildman–Crippen MR) is 187 cm³/mol. The molecule has 0 saturated heterocycles. The Balaban J connectivity index is 0.000000178. The van der Waals surface area contributed by atoms with Gasteiger partial charge >= 0.3 is 0 Å². The molecule has 0 unspecified atom stereocenters. The fraction of sp³-hybridized carbons (Fsp3) is 0.150. The minimum Gasteiger partial charge on any atom is -0.501 e. The van der Waals surface area contributed by atoms with Crippen LogP contribution in [0.5, 0.6) is 0 Å².